The lowest BCUT2D eigenvalue weighted by molar-refractivity contribution is -0.385. The van der Waals surface area contributed by atoms with Crippen molar-refractivity contribution in [2.45, 2.75) is 0 Å². The van der Waals surface area contributed by atoms with Crippen molar-refractivity contribution in [2.24, 2.45) is 0 Å². The van der Waals surface area contributed by atoms with Crippen molar-refractivity contribution in [3.05, 3.63) is 48.2 Å². The van der Waals surface area contributed by atoms with E-state index in [1.54, 1.807) is 0 Å². The van der Waals surface area contributed by atoms with Crippen LogP contribution in [-0.4, -0.2) is 14.9 Å². The summed E-state index contributed by atoms with van der Waals surface area (Å²) >= 11 is 20.5. The maximum Gasteiger partial charge on any atom is 0.313 e. The molecule has 0 saturated carbocycles. The molecule has 1 aromatic heterocycles. The number of nitrogens with zero attached hydrogens (tertiary/aromatic N) is 3. The molecule has 0 N–H and O–H groups in total. The summed E-state index contributed by atoms with van der Waals surface area (Å²) in [4.78, 5) is 17.9. The number of rotatable bonds is 3. The molecule has 0 spiro atoms. The van der Waals surface area contributed by atoms with E-state index in [1.807, 2.05) is 0 Å². The lowest BCUT2D eigenvalue weighted by atomic mass is 10.3. The van der Waals surface area contributed by atoms with E-state index in [0.29, 0.717) is 0 Å². The molecule has 10 heteroatoms. The number of benzene rings is 1. The van der Waals surface area contributed by atoms with Gasteiger partial charge in [-0.3, -0.25) is 10.1 Å². The molecule has 0 aliphatic rings. The van der Waals surface area contributed by atoms with Gasteiger partial charge in [-0.05, 0) is 15.9 Å². The minimum Gasteiger partial charge on any atom is -0.430 e. The molecule has 0 radical (unpaired) electrons. The molecule has 0 atom stereocenters. The molecule has 0 fully saturated rings. The third-order valence-electron chi connectivity index (χ3n) is 2.12. The Morgan fingerprint density at radius 3 is 2.50 bits per heavy atom. The van der Waals surface area contributed by atoms with Gasteiger partial charge in [0.25, 0.3) is 0 Å². The van der Waals surface area contributed by atoms with Gasteiger partial charge in [0, 0.05) is 12.1 Å². The first kappa shape index (κ1) is 15.2. The van der Waals surface area contributed by atoms with E-state index in [9.17, 15) is 10.1 Å². The Morgan fingerprint density at radius 2 is 1.85 bits per heavy atom. The molecule has 0 saturated heterocycles. The highest BCUT2D eigenvalue weighted by Crippen LogP contribution is 2.39. The van der Waals surface area contributed by atoms with Gasteiger partial charge >= 0.3 is 5.69 Å². The quantitative estimate of drug-likeness (QED) is 0.417. The average Bonchev–Trinajstić information content (AvgIpc) is 2.38. The van der Waals surface area contributed by atoms with Gasteiger partial charge in [0.15, 0.2) is 5.15 Å². The fourth-order valence-corrected chi connectivity index (χ4v) is 1.97. The first-order chi connectivity index (χ1) is 9.40. The second kappa shape index (κ2) is 6.09. The maximum absolute atomic E-state index is 11.0. The Balaban J connectivity index is 2.50. The smallest absolute Gasteiger partial charge is 0.313 e. The third-order valence-corrected chi connectivity index (χ3v) is 4.07. The molecular weight excluding hydrogens is 396 g/mol. The van der Waals surface area contributed by atoms with Crippen LogP contribution in [0, 0.1) is 10.1 Å². The Morgan fingerprint density at radius 1 is 1.20 bits per heavy atom. The van der Waals surface area contributed by atoms with E-state index in [2.05, 4.69) is 25.9 Å². The van der Waals surface area contributed by atoms with E-state index < -0.39 is 4.92 Å². The van der Waals surface area contributed by atoms with Gasteiger partial charge in [-0.25, -0.2) is 9.97 Å². The molecular formula is C10H3BrCl3N3O3. The van der Waals surface area contributed by atoms with Crippen LogP contribution in [0.4, 0.5) is 5.69 Å². The lowest BCUT2D eigenvalue weighted by Crippen LogP contribution is -1.96. The van der Waals surface area contributed by atoms with Gasteiger partial charge in [-0.1, -0.05) is 34.8 Å². The summed E-state index contributed by atoms with van der Waals surface area (Å²) < 4.78 is 5.62. The highest BCUT2D eigenvalue weighted by molar-refractivity contribution is 9.10. The summed E-state index contributed by atoms with van der Waals surface area (Å²) in [6, 6.07) is 2.32. The van der Waals surface area contributed by atoms with E-state index >= 15 is 0 Å². The monoisotopic (exact) mass is 397 g/mol. The fraction of sp³-hybridized carbons (Fsp3) is 0. The Kier molecular flexibility index (Phi) is 4.64. The van der Waals surface area contributed by atoms with Crippen LogP contribution >= 0.6 is 50.7 Å². The van der Waals surface area contributed by atoms with E-state index in [-0.39, 0.29) is 37.0 Å². The number of nitro benzene ring substituents is 1. The summed E-state index contributed by atoms with van der Waals surface area (Å²) in [7, 11) is 0. The van der Waals surface area contributed by atoms with E-state index in [0.717, 1.165) is 12.4 Å². The molecule has 0 bridgehead atoms. The Labute approximate surface area is 135 Å². The van der Waals surface area contributed by atoms with Crippen LogP contribution in [0.15, 0.2) is 22.9 Å². The molecule has 6 nitrogen and oxygen atoms in total. The van der Waals surface area contributed by atoms with Crippen molar-refractivity contribution in [1.82, 2.24) is 9.97 Å². The molecule has 20 heavy (non-hydrogen) atoms. The molecule has 104 valence electrons. The number of ether oxygens (including phenoxy) is 1. The summed E-state index contributed by atoms with van der Waals surface area (Å²) in [5.41, 5.74) is -0.346. The van der Waals surface area contributed by atoms with Gasteiger partial charge in [-0.2, -0.15) is 0 Å². The number of hydrogen-bond acceptors (Lipinski definition) is 5. The molecule has 0 unspecified atom stereocenters. The lowest BCUT2D eigenvalue weighted by Gasteiger charge is -2.08. The number of nitro groups is 1. The summed E-state index contributed by atoms with van der Waals surface area (Å²) in [5, 5.41) is 11.3. The van der Waals surface area contributed by atoms with Crippen LogP contribution in [0.25, 0.3) is 0 Å². The van der Waals surface area contributed by atoms with Crippen molar-refractivity contribution in [2.75, 3.05) is 0 Å². The van der Waals surface area contributed by atoms with Gasteiger partial charge in [0.05, 0.1) is 15.0 Å². The minimum atomic E-state index is -0.645. The van der Waals surface area contributed by atoms with Crippen molar-refractivity contribution < 1.29 is 9.66 Å². The summed E-state index contributed by atoms with van der Waals surface area (Å²) in [5.74, 6) is -0.0913. The van der Waals surface area contributed by atoms with Gasteiger partial charge in [0.2, 0.25) is 11.6 Å². The summed E-state index contributed by atoms with van der Waals surface area (Å²) in [6.07, 6.45) is 1.16. The second-order valence-electron chi connectivity index (χ2n) is 3.38. The SMILES string of the molecule is O=[N+]([O-])c1cc(Cl)c(Cl)cc1Oc1ncnc(Cl)c1Br. The van der Waals surface area contributed by atoms with Crippen molar-refractivity contribution >= 4 is 56.4 Å². The molecule has 2 rings (SSSR count). The van der Waals surface area contributed by atoms with Crippen LogP contribution in [0.1, 0.15) is 0 Å². The van der Waals surface area contributed by atoms with Crippen molar-refractivity contribution in [1.29, 1.82) is 0 Å². The Hall–Kier alpha value is -1.15. The van der Waals surface area contributed by atoms with Crippen LogP contribution in [0.5, 0.6) is 11.6 Å². The first-order valence-electron chi connectivity index (χ1n) is 4.87. The number of hydrogen-bond donors (Lipinski definition) is 0. The van der Waals surface area contributed by atoms with Gasteiger partial charge in [0.1, 0.15) is 10.8 Å². The number of aromatic nitrogens is 2. The Bertz CT molecular complexity index is 699. The first-order valence-corrected chi connectivity index (χ1v) is 6.80. The normalized spacial score (nSPS) is 10.4. The van der Waals surface area contributed by atoms with E-state index in [1.165, 1.54) is 6.07 Å². The number of halogens is 4. The predicted octanol–water partition coefficient (Wildman–Crippen LogP) is 4.90. The zero-order valence-electron chi connectivity index (χ0n) is 9.31. The molecule has 0 aliphatic heterocycles. The predicted molar refractivity (Wildman–Crippen MR) is 77.9 cm³/mol. The average molecular weight is 399 g/mol. The summed E-state index contributed by atoms with van der Waals surface area (Å²) in [6.45, 7) is 0. The van der Waals surface area contributed by atoms with Gasteiger partial charge < -0.3 is 4.74 Å². The largest absolute Gasteiger partial charge is 0.430 e. The van der Waals surface area contributed by atoms with Crippen LogP contribution in [0.2, 0.25) is 15.2 Å². The molecule has 1 heterocycles. The van der Waals surface area contributed by atoms with Gasteiger partial charge in [-0.15, -0.1) is 0 Å². The molecule has 2 aromatic rings. The zero-order chi connectivity index (χ0) is 14.9. The standard InChI is InChI=1S/C10H3BrCl3N3O3/c11-8-9(14)15-3-16-10(8)20-7-2-5(13)4(12)1-6(7)17(18)19/h1-3H. The minimum absolute atomic E-state index is 0.0199. The fourth-order valence-electron chi connectivity index (χ4n) is 1.25. The highest BCUT2D eigenvalue weighted by Gasteiger charge is 2.21. The molecule has 0 amide bonds. The molecule has 0 aliphatic carbocycles. The van der Waals surface area contributed by atoms with E-state index in [4.69, 9.17) is 39.5 Å². The third kappa shape index (κ3) is 3.12. The topological polar surface area (TPSA) is 78.2 Å². The maximum atomic E-state index is 11.0. The van der Waals surface area contributed by atoms with Crippen LogP contribution in [-0.2, 0) is 0 Å². The van der Waals surface area contributed by atoms with Crippen molar-refractivity contribution in [3.8, 4) is 11.6 Å². The highest BCUT2D eigenvalue weighted by atomic mass is 79.9. The van der Waals surface area contributed by atoms with Crippen LogP contribution in [0.3, 0.4) is 0 Å². The van der Waals surface area contributed by atoms with Crippen LogP contribution < -0.4 is 4.74 Å². The second-order valence-corrected chi connectivity index (χ2v) is 5.34. The molecule has 1 aromatic carbocycles. The zero-order valence-corrected chi connectivity index (χ0v) is 13.2. The van der Waals surface area contributed by atoms with Crippen molar-refractivity contribution in [3.63, 3.8) is 0 Å².